The van der Waals surface area contributed by atoms with E-state index in [0.29, 0.717) is 31.3 Å². The summed E-state index contributed by atoms with van der Waals surface area (Å²) >= 11 is 0. The molecule has 0 amide bonds. The number of aliphatic carboxylic acids is 1. The van der Waals surface area contributed by atoms with Crippen molar-refractivity contribution < 1.29 is 62.1 Å². The largest absolute Gasteiger partial charge is 1.00 e. The van der Waals surface area contributed by atoms with E-state index in [2.05, 4.69) is 17.1 Å². The van der Waals surface area contributed by atoms with Gasteiger partial charge in [-0.3, -0.25) is 0 Å². The van der Waals surface area contributed by atoms with E-state index in [9.17, 15) is 18.3 Å². The quantitative estimate of drug-likeness (QED) is 0.220. The van der Waals surface area contributed by atoms with Gasteiger partial charge < -0.3 is 24.1 Å². The van der Waals surface area contributed by atoms with Crippen molar-refractivity contribution in [1.29, 1.82) is 0 Å². The van der Waals surface area contributed by atoms with Crippen molar-refractivity contribution in [2.75, 3.05) is 25.2 Å². The van der Waals surface area contributed by atoms with Crippen molar-refractivity contribution in [3.63, 3.8) is 0 Å². The Morgan fingerprint density at radius 3 is 2.55 bits per heavy atom. The topological polar surface area (TPSA) is 115 Å². The first kappa shape index (κ1) is 32.1. The molecule has 1 aliphatic carbocycles. The van der Waals surface area contributed by atoms with Crippen LogP contribution in [0, 0.1) is 6.92 Å². The van der Waals surface area contributed by atoms with E-state index in [4.69, 9.17) is 14.2 Å². The number of carbonyl (C=O) groups is 1. The van der Waals surface area contributed by atoms with Crippen LogP contribution in [0.15, 0.2) is 54.7 Å². The number of ether oxygens (including phenoxy) is 3. The second-order valence-electron chi connectivity index (χ2n) is 9.78. The molecule has 208 valence electrons. The fourth-order valence-corrected chi connectivity index (χ4v) is 5.57. The molecule has 0 spiro atoms. The van der Waals surface area contributed by atoms with Gasteiger partial charge in [-0.05, 0) is 73.1 Å². The number of nitrogens with zero attached hydrogens (tertiary/aromatic N) is 1. The van der Waals surface area contributed by atoms with Gasteiger partial charge in [0.25, 0.3) is 0 Å². The molecule has 0 unspecified atom stereocenters. The van der Waals surface area contributed by atoms with Gasteiger partial charge in [0.2, 0.25) is 5.88 Å². The van der Waals surface area contributed by atoms with Crippen LogP contribution in [0.5, 0.6) is 11.6 Å². The third-order valence-corrected chi connectivity index (χ3v) is 7.78. The number of carbonyl (C=O) groups excluding carboxylic acids is 1. The van der Waals surface area contributed by atoms with Gasteiger partial charge in [0.05, 0.1) is 18.5 Å². The number of sulfone groups is 1. The minimum Gasteiger partial charge on any atom is -0.550 e. The molecule has 0 N–H and O–H groups in total. The zero-order chi connectivity index (χ0) is 28.0. The Kier molecular flexibility index (Phi) is 11.6. The fourth-order valence-electron chi connectivity index (χ4n) is 4.93. The van der Waals surface area contributed by atoms with E-state index in [0.717, 1.165) is 40.7 Å². The number of pyridine rings is 1. The molecule has 2 aromatic carbocycles. The molecule has 0 bridgehead atoms. The molecule has 0 saturated carbocycles. The molecule has 0 saturated heterocycles. The van der Waals surface area contributed by atoms with Gasteiger partial charge in [0, 0.05) is 43.1 Å². The maximum Gasteiger partial charge on any atom is 1.00 e. The second-order valence-corrected chi connectivity index (χ2v) is 12.0. The number of carboxylic acid groups (broad SMARTS) is 1. The number of benzene rings is 2. The van der Waals surface area contributed by atoms with Crippen LogP contribution in [0.4, 0.5) is 0 Å². The maximum atomic E-state index is 11.3. The van der Waals surface area contributed by atoms with Crippen molar-refractivity contribution in [2.24, 2.45) is 0 Å². The van der Waals surface area contributed by atoms with E-state index < -0.39 is 21.9 Å². The fraction of sp³-hybridized carbons (Fsp3) is 0.400. The average molecular weight is 576 g/mol. The number of aryl methyl sites for hydroxylation is 1. The first-order valence-corrected chi connectivity index (χ1v) is 15.2. The Morgan fingerprint density at radius 1 is 1.15 bits per heavy atom. The molecule has 8 nitrogen and oxygen atoms in total. The maximum absolute atomic E-state index is 11.3. The van der Waals surface area contributed by atoms with Crippen molar-refractivity contribution in [1.82, 2.24) is 4.98 Å². The van der Waals surface area contributed by atoms with E-state index in [1.807, 2.05) is 56.4 Å². The van der Waals surface area contributed by atoms with Gasteiger partial charge in [-0.1, -0.05) is 30.3 Å². The molecule has 1 heterocycles. The molecule has 4 rings (SSSR count). The Morgan fingerprint density at radius 2 is 1.90 bits per heavy atom. The molecule has 0 aliphatic heterocycles. The van der Waals surface area contributed by atoms with Crippen LogP contribution in [0.2, 0.25) is 0 Å². The number of fused-ring (bicyclic) bond motifs is 1. The molecule has 3 aromatic rings. The molecule has 1 aliphatic rings. The van der Waals surface area contributed by atoms with E-state index in [-0.39, 0.29) is 47.8 Å². The zero-order valence-corrected chi connectivity index (χ0v) is 26.3. The molecular weight excluding hydrogens is 541 g/mol. The number of aromatic nitrogens is 1. The molecule has 10 heteroatoms. The van der Waals surface area contributed by atoms with Gasteiger partial charge in [-0.25, -0.2) is 13.4 Å². The molecule has 0 radical (unpaired) electrons. The predicted molar refractivity (Wildman–Crippen MR) is 146 cm³/mol. The van der Waals surface area contributed by atoms with Crippen LogP contribution in [0.25, 0.3) is 11.1 Å². The van der Waals surface area contributed by atoms with E-state index in [1.165, 1.54) is 11.8 Å². The Labute approximate surface area is 258 Å². The summed E-state index contributed by atoms with van der Waals surface area (Å²) in [4.78, 5) is 15.5. The van der Waals surface area contributed by atoms with Crippen molar-refractivity contribution in [2.45, 2.75) is 51.7 Å². The number of hydrogen-bond donors (Lipinski definition) is 0. The first-order chi connectivity index (χ1) is 18.6. The summed E-state index contributed by atoms with van der Waals surface area (Å²) in [6.45, 7) is 4.55. The van der Waals surface area contributed by atoms with Crippen molar-refractivity contribution in [3.05, 3.63) is 77.0 Å². The predicted octanol–water partition coefficient (Wildman–Crippen LogP) is 1.16. The molecule has 2 atom stereocenters. The summed E-state index contributed by atoms with van der Waals surface area (Å²) in [6, 6.07) is 15.5. The van der Waals surface area contributed by atoms with Crippen LogP contribution in [-0.4, -0.2) is 44.6 Å². The Hall–Kier alpha value is -2.43. The van der Waals surface area contributed by atoms with Crippen LogP contribution < -0.4 is 44.1 Å². The Balaban J connectivity index is 0.00000441. The normalized spacial score (nSPS) is 15.1. The first-order valence-electron chi connectivity index (χ1n) is 13.1. The number of hydrogen-bond acceptors (Lipinski definition) is 8. The summed E-state index contributed by atoms with van der Waals surface area (Å²) in [5.41, 5.74) is 6.31. The Bertz CT molecular complexity index is 1410. The monoisotopic (exact) mass is 575 g/mol. The van der Waals surface area contributed by atoms with Crippen LogP contribution in [0.3, 0.4) is 0 Å². The summed E-state index contributed by atoms with van der Waals surface area (Å²) < 4.78 is 40.2. The minimum absolute atomic E-state index is 0. The summed E-state index contributed by atoms with van der Waals surface area (Å²) in [5, 5.41) is 11.1. The smallest absolute Gasteiger partial charge is 0.550 e. The van der Waals surface area contributed by atoms with Gasteiger partial charge in [0.1, 0.15) is 21.7 Å². The SMILES string of the molecule is CCO[C@@H](CC(=O)[O-])c1ccc(O[C@@H]2CCc3c(-c4cnc(OCCCS(C)(=O)=O)cc4C)cccc32)cc1.[Na+]. The van der Waals surface area contributed by atoms with Crippen molar-refractivity contribution in [3.8, 4) is 22.8 Å². The van der Waals surface area contributed by atoms with E-state index in [1.54, 1.807) is 0 Å². The van der Waals surface area contributed by atoms with Crippen LogP contribution in [-0.2, 0) is 25.8 Å². The molecule has 0 fully saturated rings. The number of carboxylic acids is 1. The van der Waals surface area contributed by atoms with Gasteiger partial charge in [-0.2, -0.15) is 0 Å². The molecule has 40 heavy (non-hydrogen) atoms. The third kappa shape index (κ3) is 8.54. The van der Waals surface area contributed by atoms with Gasteiger partial charge >= 0.3 is 29.6 Å². The average Bonchev–Trinajstić information content (AvgIpc) is 3.29. The van der Waals surface area contributed by atoms with Crippen LogP contribution >= 0.6 is 0 Å². The second kappa shape index (κ2) is 14.5. The molecular formula is C30H34NNaO7S. The summed E-state index contributed by atoms with van der Waals surface area (Å²) in [5.74, 6) is 0.127. The van der Waals surface area contributed by atoms with Gasteiger partial charge in [0.15, 0.2) is 0 Å². The number of rotatable bonds is 13. The van der Waals surface area contributed by atoms with Crippen molar-refractivity contribution >= 4 is 15.8 Å². The summed E-state index contributed by atoms with van der Waals surface area (Å²) in [7, 11) is -3.01. The van der Waals surface area contributed by atoms with Crippen LogP contribution in [0.1, 0.15) is 60.6 Å². The molecule has 1 aromatic heterocycles. The minimum atomic E-state index is -3.01. The third-order valence-electron chi connectivity index (χ3n) is 6.75. The standard InChI is InChI=1S/C30H35NO7S.Na/c1-4-36-28(18-30(32)33)21-9-11-22(12-10-21)38-27-14-13-24-23(7-5-8-25(24)27)26-19-31-29(17-20(26)2)37-15-6-16-39(3,34)35;/h5,7-12,17,19,27-28H,4,6,13-16,18H2,1-3H3,(H,32,33);/q;+1/p-1/t27-,28+;/m1./s1. The van der Waals surface area contributed by atoms with Gasteiger partial charge in [-0.15, -0.1) is 0 Å². The summed E-state index contributed by atoms with van der Waals surface area (Å²) in [6.07, 6.45) is 4.32. The zero-order valence-electron chi connectivity index (χ0n) is 23.5. The van der Waals surface area contributed by atoms with E-state index >= 15 is 0 Å².